The Labute approximate surface area is 101 Å². The van der Waals surface area contributed by atoms with Crippen LogP contribution in [0.4, 0.5) is 0 Å². The van der Waals surface area contributed by atoms with E-state index in [9.17, 15) is 5.11 Å². The van der Waals surface area contributed by atoms with E-state index in [1.54, 1.807) is 6.08 Å². The van der Waals surface area contributed by atoms with Crippen molar-refractivity contribution in [2.75, 3.05) is 0 Å². The van der Waals surface area contributed by atoms with Crippen LogP contribution in [0.3, 0.4) is 0 Å². The lowest BCUT2D eigenvalue weighted by Crippen LogP contribution is -2.33. The minimum atomic E-state index is 0.0142. The second-order valence-electron chi connectivity index (χ2n) is 5.91. The average molecular weight is 234 g/mol. The van der Waals surface area contributed by atoms with E-state index >= 15 is 0 Å². The molecule has 1 N–H and O–H groups in total. The van der Waals surface area contributed by atoms with Gasteiger partial charge < -0.3 is 14.6 Å². The molecule has 1 heterocycles. The van der Waals surface area contributed by atoms with Gasteiger partial charge in [0.2, 0.25) is 0 Å². The molecule has 3 aliphatic carbocycles. The van der Waals surface area contributed by atoms with Gasteiger partial charge in [0.15, 0.2) is 0 Å². The second-order valence-corrected chi connectivity index (χ2v) is 5.91. The van der Waals surface area contributed by atoms with Crippen LogP contribution < -0.4 is 0 Å². The molecule has 4 rings (SSSR count). The molecule has 7 unspecified atom stereocenters. The molecule has 3 heteroatoms. The molecule has 4 aliphatic rings. The van der Waals surface area contributed by atoms with Gasteiger partial charge in [-0.2, -0.15) is 0 Å². The highest BCUT2D eigenvalue weighted by Gasteiger charge is 2.67. The zero-order valence-corrected chi connectivity index (χ0v) is 9.79. The highest BCUT2D eigenvalue weighted by atomic mass is 16.6. The largest absolute Gasteiger partial charge is 0.481 e. The van der Waals surface area contributed by atoms with Gasteiger partial charge in [-0.05, 0) is 37.0 Å². The summed E-state index contributed by atoms with van der Waals surface area (Å²) in [6, 6.07) is 0. The van der Waals surface area contributed by atoms with Crippen LogP contribution in [0.5, 0.6) is 0 Å². The Morgan fingerprint density at radius 2 is 2.18 bits per heavy atom. The molecule has 92 valence electrons. The van der Waals surface area contributed by atoms with E-state index < -0.39 is 0 Å². The van der Waals surface area contributed by atoms with Crippen molar-refractivity contribution in [3.05, 3.63) is 24.7 Å². The van der Waals surface area contributed by atoms with E-state index in [-0.39, 0.29) is 12.0 Å². The molecular weight excluding hydrogens is 216 g/mol. The van der Waals surface area contributed by atoms with Crippen molar-refractivity contribution < 1.29 is 14.6 Å². The Balaban J connectivity index is 1.50. The summed E-state index contributed by atoms with van der Waals surface area (Å²) in [7, 11) is 0. The lowest BCUT2D eigenvalue weighted by Gasteiger charge is -2.32. The Hall–Kier alpha value is -0.960. The van der Waals surface area contributed by atoms with Crippen LogP contribution in [0.25, 0.3) is 0 Å². The maximum Gasteiger partial charge on any atom is 0.276 e. The number of rotatable bonds is 3. The fraction of sp³-hybridized carbons (Fsp3) is 0.714. The first-order valence-corrected chi connectivity index (χ1v) is 6.61. The Morgan fingerprint density at radius 3 is 3.00 bits per heavy atom. The molecule has 0 radical (unpaired) electrons. The topological polar surface area (TPSA) is 42.0 Å². The van der Waals surface area contributed by atoms with E-state index in [0.717, 1.165) is 18.3 Å². The first-order chi connectivity index (χ1) is 8.28. The van der Waals surface area contributed by atoms with E-state index in [1.165, 1.54) is 18.9 Å². The van der Waals surface area contributed by atoms with Gasteiger partial charge in [-0.25, -0.2) is 0 Å². The molecular formula is C14H18O3. The van der Waals surface area contributed by atoms with Crippen molar-refractivity contribution in [2.24, 2.45) is 23.7 Å². The number of aliphatic hydroxyl groups excluding tert-OH is 1. The number of ether oxygens (including phenoxy) is 2. The van der Waals surface area contributed by atoms with Crippen molar-refractivity contribution in [3.8, 4) is 0 Å². The molecule has 0 amide bonds. The molecule has 2 bridgehead atoms. The summed E-state index contributed by atoms with van der Waals surface area (Å²) in [6.45, 7) is 3.56. The van der Waals surface area contributed by atoms with Crippen LogP contribution in [0.2, 0.25) is 0 Å². The van der Waals surface area contributed by atoms with Crippen LogP contribution in [-0.4, -0.2) is 23.4 Å². The summed E-state index contributed by atoms with van der Waals surface area (Å²) in [5, 5.41) is 9.59. The Morgan fingerprint density at radius 1 is 1.29 bits per heavy atom. The number of fused-ring (bicyclic) bond motifs is 7. The molecule has 3 saturated carbocycles. The number of hydrogen-bond acceptors (Lipinski definition) is 3. The van der Waals surface area contributed by atoms with Crippen LogP contribution in [0.1, 0.15) is 19.3 Å². The second kappa shape index (κ2) is 3.29. The molecule has 0 aromatic carbocycles. The lowest BCUT2D eigenvalue weighted by molar-refractivity contribution is -0.0294. The monoisotopic (exact) mass is 234 g/mol. The van der Waals surface area contributed by atoms with Crippen molar-refractivity contribution in [1.82, 2.24) is 0 Å². The van der Waals surface area contributed by atoms with Crippen LogP contribution in [0, 0.1) is 23.7 Å². The molecule has 0 spiro atoms. The van der Waals surface area contributed by atoms with Crippen LogP contribution >= 0.6 is 0 Å². The molecule has 17 heavy (non-hydrogen) atoms. The van der Waals surface area contributed by atoms with Crippen molar-refractivity contribution >= 4 is 0 Å². The first-order valence-electron chi connectivity index (χ1n) is 6.61. The Bertz CT molecular complexity index is 389. The van der Waals surface area contributed by atoms with Gasteiger partial charge in [-0.15, -0.1) is 0 Å². The molecule has 1 aliphatic heterocycles. The quantitative estimate of drug-likeness (QED) is 0.463. The smallest absolute Gasteiger partial charge is 0.276 e. The van der Waals surface area contributed by atoms with E-state index in [0.29, 0.717) is 24.0 Å². The zero-order valence-electron chi connectivity index (χ0n) is 9.79. The van der Waals surface area contributed by atoms with E-state index in [4.69, 9.17) is 9.47 Å². The molecule has 3 nitrogen and oxygen atoms in total. The van der Waals surface area contributed by atoms with Gasteiger partial charge in [0, 0.05) is 12.0 Å². The zero-order chi connectivity index (χ0) is 11.6. The van der Waals surface area contributed by atoms with E-state index in [2.05, 4.69) is 6.58 Å². The number of aliphatic hydroxyl groups is 1. The van der Waals surface area contributed by atoms with Crippen molar-refractivity contribution in [1.29, 1.82) is 0 Å². The highest BCUT2D eigenvalue weighted by Crippen LogP contribution is 2.64. The third-order valence-corrected chi connectivity index (χ3v) is 5.22. The number of epoxide rings is 1. The van der Waals surface area contributed by atoms with Crippen molar-refractivity contribution in [3.63, 3.8) is 0 Å². The Kier molecular flexibility index (Phi) is 1.93. The van der Waals surface area contributed by atoms with Gasteiger partial charge in [0.05, 0.1) is 12.2 Å². The third kappa shape index (κ3) is 1.32. The third-order valence-electron chi connectivity index (χ3n) is 5.22. The molecule has 1 saturated heterocycles. The fourth-order valence-electron chi connectivity index (χ4n) is 4.68. The number of hydrogen-bond donors (Lipinski definition) is 1. The summed E-state index contributed by atoms with van der Waals surface area (Å²) in [5.41, 5.74) is 0. The maximum absolute atomic E-state index is 9.59. The molecule has 7 atom stereocenters. The normalized spacial score (nSPS) is 54.4. The van der Waals surface area contributed by atoms with Crippen LogP contribution in [-0.2, 0) is 9.47 Å². The van der Waals surface area contributed by atoms with Gasteiger partial charge in [0.1, 0.15) is 6.10 Å². The summed E-state index contributed by atoms with van der Waals surface area (Å²) in [4.78, 5) is 0. The standard InChI is InChI=1S/C14H18O3/c1-2-3-12(15)16-10-5-7-4-9(10)13-8(7)6-11-14(13)17-11/h2-3,7-11,13-15H,1,4-6H2/b12-3+. The van der Waals surface area contributed by atoms with Gasteiger partial charge in [-0.3, -0.25) is 0 Å². The van der Waals surface area contributed by atoms with Crippen LogP contribution in [0.15, 0.2) is 24.7 Å². The molecule has 4 fully saturated rings. The SMILES string of the molecule is C=C/C=C(\O)OC1CC2CC1C1C2CC2OC21. The fourth-order valence-corrected chi connectivity index (χ4v) is 4.68. The summed E-state index contributed by atoms with van der Waals surface area (Å²) in [6.07, 6.45) is 8.01. The average Bonchev–Trinajstić information content (AvgIpc) is 2.69. The predicted octanol–water partition coefficient (Wildman–Crippen LogP) is 2.40. The maximum atomic E-state index is 9.59. The molecule has 0 aromatic heterocycles. The lowest BCUT2D eigenvalue weighted by atomic mass is 9.79. The first kappa shape index (κ1) is 10.0. The number of allylic oxidation sites excluding steroid dienone is 2. The van der Waals surface area contributed by atoms with E-state index in [1.807, 2.05) is 0 Å². The minimum absolute atomic E-state index is 0.0142. The molecule has 0 aromatic rings. The van der Waals surface area contributed by atoms with Gasteiger partial charge in [0.25, 0.3) is 5.95 Å². The van der Waals surface area contributed by atoms with Crippen molar-refractivity contribution in [2.45, 2.75) is 37.6 Å². The summed E-state index contributed by atoms with van der Waals surface area (Å²) < 4.78 is 11.3. The minimum Gasteiger partial charge on any atom is -0.481 e. The predicted molar refractivity (Wildman–Crippen MR) is 62.3 cm³/mol. The summed E-state index contributed by atoms with van der Waals surface area (Å²) >= 11 is 0. The summed E-state index contributed by atoms with van der Waals surface area (Å²) in [5.74, 6) is 3.01. The van der Waals surface area contributed by atoms with Gasteiger partial charge >= 0.3 is 0 Å². The highest BCUT2D eigenvalue weighted by molar-refractivity contribution is 5.15. The van der Waals surface area contributed by atoms with Gasteiger partial charge in [-0.1, -0.05) is 12.7 Å².